The lowest BCUT2D eigenvalue weighted by Crippen LogP contribution is -2.16. The van der Waals surface area contributed by atoms with Crippen molar-refractivity contribution in [1.29, 1.82) is 10.5 Å². The first-order chi connectivity index (χ1) is 12.1. The first kappa shape index (κ1) is 17.9. The Balaban J connectivity index is 2.62. The van der Waals surface area contributed by atoms with Gasteiger partial charge in [0.25, 0.3) is 5.56 Å². The molecule has 25 heavy (non-hydrogen) atoms. The van der Waals surface area contributed by atoms with E-state index in [4.69, 9.17) is 19.9 Å². The van der Waals surface area contributed by atoms with Crippen LogP contribution >= 0.6 is 0 Å². The average molecular weight is 340 g/mol. The Labute approximate surface area is 144 Å². The van der Waals surface area contributed by atoms with Crippen LogP contribution in [0.1, 0.15) is 11.1 Å². The van der Waals surface area contributed by atoms with Crippen LogP contribution < -0.4 is 20.8 Å². The van der Waals surface area contributed by atoms with Gasteiger partial charge in [0.1, 0.15) is 35.7 Å². The first-order valence-corrected chi connectivity index (χ1v) is 7.23. The molecule has 8 heteroatoms. The largest absolute Gasteiger partial charge is 0.493 e. The molecule has 0 aliphatic rings. The van der Waals surface area contributed by atoms with E-state index in [9.17, 15) is 15.3 Å². The molecule has 0 spiro atoms. The number of H-pyrrole nitrogens is 1. The van der Waals surface area contributed by atoms with Crippen molar-refractivity contribution < 1.29 is 14.2 Å². The number of nitriles is 2. The number of methoxy groups -OCH3 is 2. The van der Waals surface area contributed by atoms with Crippen molar-refractivity contribution in [3.63, 3.8) is 0 Å². The summed E-state index contributed by atoms with van der Waals surface area (Å²) in [4.78, 5) is 14.3. The predicted molar refractivity (Wildman–Crippen MR) is 90.3 cm³/mol. The predicted octanol–water partition coefficient (Wildman–Crippen LogP) is 1.40. The maximum atomic E-state index is 12.0. The molecule has 1 aromatic heterocycles. The summed E-state index contributed by atoms with van der Waals surface area (Å²) >= 11 is 0. The molecule has 8 nitrogen and oxygen atoms in total. The van der Waals surface area contributed by atoms with Crippen LogP contribution in [-0.4, -0.2) is 32.4 Å². The molecule has 0 unspecified atom stereocenters. The second-order valence-electron chi connectivity index (χ2n) is 4.92. The summed E-state index contributed by atoms with van der Waals surface area (Å²) in [7, 11) is 3.03. The number of pyridine rings is 1. The minimum atomic E-state index is -0.659. The lowest BCUT2D eigenvalue weighted by atomic mass is 9.96. The lowest BCUT2D eigenvalue weighted by molar-refractivity contribution is 0.144. The number of aromatic amines is 1. The van der Waals surface area contributed by atoms with Crippen molar-refractivity contribution in [2.24, 2.45) is 0 Å². The average Bonchev–Trinajstić information content (AvgIpc) is 2.61. The number of aromatic nitrogens is 1. The number of hydrogen-bond donors (Lipinski definition) is 2. The van der Waals surface area contributed by atoms with Crippen molar-refractivity contribution in [3.05, 3.63) is 39.7 Å². The van der Waals surface area contributed by atoms with E-state index in [1.807, 2.05) is 12.1 Å². The first-order valence-electron chi connectivity index (χ1n) is 7.23. The Morgan fingerprint density at radius 2 is 1.84 bits per heavy atom. The van der Waals surface area contributed by atoms with Crippen LogP contribution in [-0.2, 0) is 4.74 Å². The maximum absolute atomic E-state index is 12.0. The van der Waals surface area contributed by atoms with E-state index in [2.05, 4.69) is 4.98 Å². The third-order valence-corrected chi connectivity index (χ3v) is 3.47. The van der Waals surface area contributed by atoms with E-state index in [1.165, 1.54) is 7.11 Å². The van der Waals surface area contributed by atoms with Crippen molar-refractivity contribution >= 4 is 5.82 Å². The highest BCUT2D eigenvalue weighted by Crippen LogP contribution is 2.35. The highest BCUT2D eigenvalue weighted by molar-refractivity contribution is 5.81. The number of anilines is 1. The van der Waals surface area contributed by atoms with Crippen molar-refractivity contribution in [3.8, 4) is 34.8 Å². The van der Waals surface area contributed by atoms with Crippen LogP contribution in [0.15, 0.2) is 23.0 Å². The van der Waals surface area contributed by atoms with Gasteiger partial charge in [-0.3, -0.25) is 4.79 Å². The Kier molecular flexibility index (Phi) is 5.62. The second-order valence-corrected chi connectivity index (χ2v) is 4.92. The van der Waals surface area contributed by atoms with Crippen molar-refractivity contribution in [1.82, 2.24) is 4.98 Å². The highest BCUT2D eigenvalue weighted by atomic mass is 16.5. The van der Waals surface area contributed by atoms with Crippen LogP contribution in [0, 0.1) is 22.7 Å². The molecule has 0 saturated heterocycles. The zero-order chi connectivity index (χ0) is 18.4. The topological polar surface area (TPSA) is 134 Å². The number of benzene rings is 1. The highest BCUT2D eigenvalue weighted by Gasteiger charge is 2.19. The Hall–Kier alpha value is -3.49. The van der Waals surface area contributed by atoms with Crippen LogP contribution in [0.2, 0.25) is 0 Å². The van der Waals surface area contributed by atoms with E-state index in [0.29, 0.717) is 30.3 Å². The van der Waals surface area contributed by atoms with Gasteiger partial charge in [0.15, 0.2) is 11.5 Å². The monoisotopic (exact) mass is 340 g/mol. The van der Waals surface area contributed by atoms with Crippen molar-refractivity contribution in [2.45, 2.75) is 0 Å². The van der Waals surface area contributed by atoms with E-state index in [0.717, 1.165) is 0 Å². The van der Waals surface area contributed by atoms with Gasteiger partial charge in [0, 0.05) is 12.7 Å². The second kappa shape index (κ2) is 7.86. The Bertz CT molecular complexity index is 922. The molecule has 3 N–H and O–H groups in total. The minimum absolute atomic E-state index is 0.0197. The fourth-order valence-electron chi connectivity index (χ4n) is 2.31. The van der Waals surface area contributed by atoms with Gasteiger partial charge in [-0.2, -0.15) is 10.5 Å². The molecule has 0 bridgehead atoms. The van der Waals surface area contributed by atoms with E-state index in [-0.39, 0.29) is 22.5 Å². The summed E-state index contributed by atoms with van der Waals surface area (Å²) < 4.78 is 15.8. The molecule has 0 saturated carbocycles. The molecule has 2 aromatic rings. The van der Waals surface area contributed by atoms with Crippen molar-refractivity contribution in [2.75, 3.05) is 33.2 Å². The number of ether oxygens (including phenoxy) is 3. The smallest absolute Gasteiger partial charge is 0.268 e. The molecule has 1 heterocycles. The van der Waals surface area contributed by atoms with Crippen LogP contribution in [0.25, 0.3) is 11.1 Å². The fraction of sp³-hybridized carbons (Fsp3) is 0.235. The van der Waals surface area contributed by atoms with Gasteiger partial charge in [0.2, 0.25) is 0 Å². The Morgan fingerprint density at radius 3 is 2.44 bits per heavy atom. The third-order valence-electron chi connectivity index (χ3n) is 3.47. The van der Waals surface area contributed by atoms with E-state index >= 15 is 0 Å². The van der Waals surface area contributed by atoms with Gasteiger partial charge in [0.05, 0.1) is 13.7 Å². The number of nitrogens with two attached hydrogens (primary N) is 1. The van der Waals surface area contributed by atoms with E-state index < -0.39 is 5.56 Å². The van der Waals surface area contributed by atoms with Gasteiger partial charge in [-0.25, -0.2) is 0 Å². The molecule has 0 amide bonds. The van der Waals surface area contributed by atoms with Gasteiger partial charge in [-0.05, 0) is 17.7 Å². The quantitative estimate of drug-likeness (QED) is 0.759. The SMILES string of the molecule is COCCOc1ccc(-c2c(C#N)c(N)[nH]c(=O)c2C#N)cc1OC. The maximum Gasteiger partial charge on any atom is 0.268 e. The molecule has 0 aliphatic heterocycles. The summed E-state index contributed by atoms with van der Waals surface area (Å²) in [5, 5.41) is 18.7. The summed E-state index contributed by atoms with van der Waals surface area (Å²) in [5.41, 5.74) is 5.49. The van der Waals surface area contributed by atoms with Gasteiger partial charge < -0.3 is 24.9 Å². The molecule has 0 fully saturated rings. The summed E-state index contributed by atoms with van der Waals surface area (Å²) in [6, 6.07) is 8.58. The molecule has 2 rings (SSSR count). The number of nitrogen functional groups attached to an aromatic ring is 1. The fourth-order valence-corrected chi connectivity index (χ4v) is 2.31. The molecule has 0 aliphatic carbocycles. The molecular formula is C17H16N4O4. The van der Waals surface area contributed by atoms with Gasteiger partial charge in [-0.15, -0.1) is 0 Å². The number of nitrogens with zero attached hydrogens (tertiary/aromatic N) is 2. The number of hydrogen-bond acceptors (Lipinski definition) is 7. The summed E-state index contributed by atoms with van der Waals surface area (Å²) in [6.45, 7) is 0.740. The van der Waals surface area contributed by atoms with Gasteiger partial charge >= 0.3 is 0 Å². The standard InChI is InChI=1S/C17H16N4O4/c1-23-5-6-25-13-4-3-10(7-14(13)24-2)15-11(8-18)16(20)21-17(22)12(15)9-19/h3-4,7H,5-6H2,1-2H3,(H3,20,21,22). The van der Waals surface area contributed by atoms with E-state index in [1.54, 1.807) is 25.3 Å². The number of rotatable bonds is 6. The molecule has 1 aromatic carbocycles. The summed E-state index contributed by atoms with van der Waals surface area (Å²) in [6.07, 6.45) is 0. The minimum Gasteiger partial charge on any atom is -0.493 e. The van der Waals surface area contributed by atoms with Crippen LogP contribution in [0.5, 0.6) is 11.5 Å². The zero-order valence-corrected chi connectivity index (χ0v) is 13.8. The zero-order valence-electron chi connectivity index (χ0n) is 13.8. The van der Waals surface area contributed by atoms with Crippen LogP contribution in [0.4, 0.5) is 5.82 Å². The summed E-state index contributed by atoms with van der Waals surface area (Å²) in [5.74, 6) is 0.763. The Morgan fingerprint density at radius 1 is 1.12 bits per heavy atom. The normalized spacial score (nSPS) is 9.92. The molecule has 0 radical (unpaired) electrons. The lowest BCUT2D eigenvalue weighted by Gasteiger charge is -2.13. The molecule has 128 valence electrons. The van der Waals surface area contributed by atoms with Crippen LogP contribution in [0.3, 0.4) is 0 Å². The molecule has 0 atom stereocenters. The van der Waals surface area contributed by atoms with Gasteiger partial charge in [-0.1, -0.05) is 6.07 Å². The third kappa shape index (κ3) is 3.55. The molecular weight excluding hydrogens is 324 g/mol. The number of nitrogens with one attached hydrogen (secondary N) is 1.